The lowest BCUT2D eigenvalue weighted by atomic mass is 9.95. The Bertz CT molecular complexity index is 1550. The van der Waals surface area contributed by atoms with Crippen molar-refractivity contribution in [2.45, 2.75) is 30.0 Å². The second-order valence-corrected chi connectivity index (χ2v) is 11.0. The first-order valence-electron chi connectivity index (χ1n) is 12.2. The minimum atomic E-state index is -0.988. The number of carbonyl (C=O) groups excluding carboxylic acids is 2. The number of Topliss-reactive ketones (excluding diaryl/α,β-unsaturated/α-hetero) is 1. The van der Waals surface area contributed by atoms with E-state index in [1.54, 1.807) is 24.3 Å². The third-order valence-corrected chi connectivity index (χ3v) is 8.26. The summed E-state index contributed by atoms with van der Waals surface area (Å²) in [5.74, 6) is -1.38. The van der Waals surface area contributed by atoms with Crippen LogP contribution in [0.25, 0.3) is 5.76 Å². The van der Waals surface area contributed by atoms with E-state index in [4.69, 9.17) is 4.74 Å². The number of anilines is 1. The molecule has 1 aromatic heterocycles. The van der Waals surface area contributed by atoms with Gasteiger partial charge in [-0.1, -0.05) is 65.1 Å². The van der Waals surface area contributed by atoms with Crippen molar-refractivity contribution in [1.29, 1.82) is 0 Å². The van der Waals surface area contributed by atoms with Crippen LogP contribution in [0.3, 0.4) is 0 Å². The summed E-state index contributed by atoms with van der Waals surface area (Å²) in [7, 11) is 0. The van der Waals surface area contributed by atoms with Crippen molar-refractivity contribution < 1.29 is 23.8 Å². The first kappa shape index (κ1) is 26.6. The number of hydrogen-bond donors (Lipinski definition) is 1. The van der Waals surface area contributed by atoms with Crippen molar-refractivity contribution in [3.63, 3.8) is 0 Å². The fourth-order valence-electron chi connectivity index (χ4n) is 4.24. The van der Waals surface area contributed by atoms with Gasteiger partial charge < -0.3 is 9.84 Å². The highest BCUT2D eigenvalue weighted by atomic mass is 32.2. The maximum atomic E-state index is 13.5. The van der Waals surface area contributed by atoms with Gasteiger partial charge in [-0.05, 0) is 61.4 Å². The normalized spacial score (nSPS) is 16.6. The Morgan fingerprint density at radius 1 is 1.08 bits per heavy atom. The van der Waals surface area contributed by atoms with Gasteiger partial charge in [-0.25, -0.2) is 4.39 Å². The lowest BCUT2D eigenvalue weighted by molar-refractivity contribution is -0.132. The summed E-state index contributed by atoms with van der Waals surface area (Å²) in [6.45, 7) is 4.31. The van der Waals surface area contributed by atoms with Crippen molar-refractivity contribution in [3.8, 4) is 5.75 Å². The van der Waals surface area contributed by atoms with Gasteiger partial charge in [0.05, 0.1) is 18.2 Å². The molecule has 0 bridgehead atoms. The monoisotopic (exact) mass is 561 g/mol. The molecule has 10 heteroatoms. The molecular formula is C29H24FN3O4S2. The molecule has 1 saturated heterocycles. The summed E-state index contributed by atoms with van der Waals surface area (Å²) in [6.07, 6.45) is 0. The van der Waals surface area contributed by atoms with Crippen LogP contribution < -0.4 is 9.64 Å². The van der Waals surface area contributed by atoms with Crippen LogP contribution in [0.5, 0.6) is 5.75 Å². The number of thioether (sulfide) groups is 1. The molecule has 0 saturated carbocycles. The van der Waals surface area contributed by atoms with Crippen molar-refractivity contribution in [2.75, 3.05) is 11.5 Å². The predicted molar refractivity (Wildman–Crippen MR) is 149 cm³/mol. The Kier molecular flexibility index (Phi) is 7.76. The number of aliphatic hydroxyl groups is 1. The van der Waals surface area contributed by atoms with Gasteiger partial charge in [0.2, 0.25) is 5.13 Å². The third-order valence-electron chi connectivity index (χ3n) is 6.13. The summed E-state index contributed by atoms with van der Waals surface area (Å²) in [5, 5.41) is 19.9. The van der Waals surface area contributed by atoms with E-state index in [9.17, 15) is 19.1 Å². The average molecular weight is 562 g/mol. The van der Waals surface area contributed by atoms with Crippen molar-refractivity contribution in [2.24, 2.45) is 0 Å². The number of carbonyl (C=O) groups is 2. The van der Waals surface area contributed by atoms with E-state index in [-0.39, 0.29) is 16.3 Å². The number of aliphatic hydroxyl groups excluding tert-OH is 1. The van der Waals surface area contributed by atoms with Crippen LogP contribution in [0.15, 0.2) is 82.7 Å². The van der Waals surface area contributed by atoms with Crippen LogP contribution in [-0.2, 0) is 15.3 Å². The Morgan fingerprint density at radius 2 is 1.82 bits per heavy atom. The van der Waals surface area contributed by atoms with Gasteiger partial charge in [0, 0.05) is 11.3 Å². The molecule has 1 fully saturated rings. The van der Waals surface area contributed by atoms with Crippen LogP contribution >= 0.6 is 23.1 Å². The maximum Gasteiger partial charge on any atom is 0.301 e. The number of amides is 1. The molecule has 7 nitrogen and oxygen atoms in total. The van der Waals surface area contributed by atoms with Gasteiger partial charge in [-0.2, -0.15) is 0 Å². The number of rotatable bonds is 8. The fourth-order valence-corrected chi connectivity index (χ4v) is 6.06. The Morgan fingerprint density at radius 3 is 2.54 bits per heavy atom. The van der Waals surface area contributed by atoms with Crippen LogP contribution in [0.1, 0.15) is 35.2 Å². The van der Waals surface area contributed by atoms with Crippen LogP contribution in [0.2, 0.25) is 0 Å². The quantitative estimate of drug-likeness (QED) is 0.0887. The average Bonchev–Trinajstić information content (AvgIpc) is 3.51. The Hall–Kier alpha value is -4.02. The second kappa shape index (κ2) is 11.4. The molecule has 1 amide bonds. The Balaban J connectivity index is 1.54. The number of nitrogens with zero attached hydrogens (tertiary/aromatic N) is 3. The zero-order chi connectivity index (χ0) is 27.5. The highest BCUT2D eigenvalue weighted by Crippen LogP contribution is 2.44. The number of benzene rings is 3. The summed E-state index contributed by atoms with van der Waals surface area (Å²) in [4.78, 5) is 28.0. The molecule has 1 aliphatic heterocycles. The highest BCUT2D eigenvalue weighted by molar-refractivity contribution is 8.00. The third kappa shape index (κ3) is 5.57. The number of hydrogen-bond acceptors (Lipinski definition) is 8. The number of ketones is 1. The Labute approximate surface area is 233 Å². The molecule has 3 aromatic carbocycles. The number of halogens is 1. The van der Waals surface area contributed by atoms with Gasteiger partial charge in [-0.3, -0.25) is 14.5 Å². The van der Waals surface area contributed by atoms with E-state index >= 15 is 0 Å². The topological polar surface area (TPSA) is 92.6 Å². The van der Waals surface area contributed by atoms with Crippen molar-refractivity contribution in [3.05, 3.63) is 106 Å². The molecule has 0 radical (unpaired) electrons. The molecule has 198 valence electrons. The van der Waals surface area contributed by atoms with Gasteiger partial charge in [0.15, 0.2) is 4.34 Å². The molecule has 2 heterocycles. The molecule has 1 aliphatic rings. The zero-order valence-electron chi connectivity index (χ0n) is 21.1. The van der Waals surface area contributed by atoms with Crippen LogP contribution in [0, 0.1) is 12.7 Å². The van der Waals surface area contributed by atoms with Crippen molar-refractivity contribution >= 4 is 45.7 Å². The predicted octanol–water partition coefficient (Wildman–Crippen LogP) is 6.30. The highest BCUT2D eigenvalue weighted by Gasteiger charge is 2.48. The largest absolute Gasteiger partial charge is 0.507 e. The van der Waals surface area contributed by atoms with Crippen LogP contribution in [-0.4, -0.2) is 33.6 Å². The van der Waals surface area contributed by atoms with E-state index in [2.05, 4.69) is 10.2 Å². The van der Waals surface area contributed by atoms with E-state index in [0.717, 1.165) is 5.56 Å². The maximum absolute atomic E-state index is 13.5. The standard InChI is InChI=1S/C29H24FN3O4S2/c1-3-37-22-6-4-5-20(15-22)24-23(25(34)19-11-13-21(30)14-12-19)26(35)27(36)33(24)28-31-32-29(39-28)38-16-18-9-7-17(2)8-10-18/h4-15,24,34H,3,16H2,1-2H3/b25-23+. The molecular weight excluding hydrogens is 537 g/mol. The minimum Gasteiger partial charge on any atom is -0.507 e. The van der Waals surface area contributed by atoms with E-state index in [0.29, 0.717) is 28.0 Å². The van der Waals surface area contributed by atoms with E-state index in [1.165, 1.54) is 57.8 Å². The summed E-state index contributed by atoms with van der Waals surface area (Å²) in [6, 6.07) is 19.2. The smallest absolute Gasteiger partial charge is 0.301 e. The molecule has 1 N–H and O–H groups in total. The molecule has 0 spiro atoms. The first-order chi connectivity index (χ1) is 18.9. The summed E-state index contributed by atoms with van der Waals surface area (Å²) in [5.41, 5.74) is 2.94. The first-order valence-corrected chi connectivity index (χ1v) is 14.0. The van der Waals surface area contributed by atoms with Gasteiger partial charge in [0.25, 0.3) is 5.78 Å². The molecule has 1 unspecified atom stereocenters. The molecule has 1 atom stereocenters. The SMILES string of the molecule is CCOc1cccc(C2/C(=C(\O)c3ccc(F)cc3)C(=O)C(=O)N2c2nnc(SCc3ccc(C)cc3)s2)c1. The molecule has 39 heavy (non-hydrogen) atoms. The molecule has 4 aromatic rings. The second-order valence-electron chi connectivity index (χ2n) is 8.81. The van der Waals surface area contributed by atoms with E-state index < -0.39 is 29.3 Å². The lowest BCUT2D eigenvalue weighted by Crippen LogP contribution is -2.29. The lowest BCUT2D eigenvalue weighted by Gasteiger charge is -2.23. The fraction of sp³-hybridized carbons (Fsp3) is 0.172. The number of aryl methyl sites for hydroxylation is 1. The van der Waals surface area contributed by atoms with Gasteiger partial charge in [-0.15, -0.1) is 10.2 Å². The van der Waals surface area contributed by atoms with Gasteiger partial charge in [0.1, 0.15) is 17.3 Å². The zero-order valence-corrected chi connectivity index (χ0v) is 22.8. The van der Waals surface area contributed by atoms with Crippen molar-refractivity contribution in [1.82, 2.24) is 10.2 Å². The molecule has 5 rings (SSSR count). The van der Waals surface area contributed by atoms with Crippen LogP contribution in [0.4, 0.5) is 9.52 Å². The minimum absolute atomic E-state index is 0.121. The van der Waals surface area contributed by atoms with Gasteiger partial charge >= 0.3 is 5.91 Å². The number of ether oxygens (including phenoxy) is 1. The summed E-state index contributed by atoms with van der Waals surface area (Å²) >= 11 is 2.67. The van der Waals surface area contributed by atoms with E-state index in [1.807, 2.05) is 38.1 Å². The molecule has 0 aliphatic carbocycles. The number of aromatic nitrogens is 2. The summed E-state index contributed by atoms with van der Waals surface area (Å²) < 4.78 is 19.8.